The van der Waals surface area contributed by atoms with Crippen LogP contribution in [0, 0.1) is 5.92 Å². The summed E-state index contributed by atoms with van der Waals surface area (Å²) < 4.78 is 0. The molecule has 3 rings (SSSR count). The summed E-state index contributed by atoms with van der Waals surface area (Å²) in [5.74, 6) is -0.137. The minimum Gasteiger partial charge on any atom is -0.339 e. The fourth-order valence-corrected chi connectivity index (χ4v) is 3.72. The van der Waals surface area contributed by atoms with Gasteiger partial charge >= 0.3 is 0 Å². The third-order valence-corrected chi connectivity index (χ3v) is 5.20. The van der Waals surface area contributed by atoms with E-state index >= 15 is 0 Å². The normalized spacial score (nSPS) is 20.8. The number of hydrogen-bond donors (Lipinski definition) is 0. The molecule has 1 fully saturated rings. The van der Waals surface area contributed by atoms with Crippen LogP contribution in [0.4, 0.5) is 0 Å². The molecule has 2 heterocycles. The van der Waals surface area contributed by atoms with Crippen molar-refractivity contribution in [3.05, 3.63) is 59.8 Å². The number of piperidine rings is 1. The van der Waals surface area contributed by atoms with E-state index in [2.05, 4.69) is 16.8 Å². The summed E-state index contributed by atoms with van der Waals surface area (Å²) in [5.41, 5.74) is 1.61. The van der Waals surface area contributed by atoms with Crippen molar-refractivity contribution in [1.82, 2.24) is 9.91 Å². The number of carbonyl (C=O) groups is 2. The summed E-state index contributed by atoms with van der Waals surface area (Å²) in [4.78, 5) is 31.2. The van der Waals surface area contributed by atoms with E-state index in [1.165, 1.54) is 6.20 Å². The number of hydrazone groups is 1. The van der Waals surface area contributed by atoms with E-state index in [1.807, 2.05) is 43.5 Å². The number of benzene rings is 1. The molecule has 6 nitrogen and oxygen atoms in total. The van der Waals surface area contributed by atoms with Crippen LogP contribution in [-0.2, 0) is 9.59 Å². The molecule has 6 heteroatoms. The van der Waals surface area contributed by atoms with Crippen molar-refractivity contribution in [2.75, 3.05) is 13.1 Å². The first-order valence-electron chi connectivity index (χ1n) is 9.64. The topological polar surface area (TPSA) is 65.3 Å². The lowest BCUT2D eigenvalue weighted by Crippen LogP contribution is -2.43. The van der Waals surface area contributed by atoms with Gasteiger partial charge in [-0.05, 0) is 32.0 Å². The number of likely N-dealkylation sites (tertiary alicyclic amines) is 1. The fourth-order valence-electron chi connectivity index (χ4n) is 3.72. The van der Waals surface area contributed by atoms with Gasteiger partial charge in [-0.3, -0.25) is 14.6 Å². The molecule has 2 aliphatic rings. The van der Waals surface area contributed by atoms with Crippen LogP contribution >= 0.6 is 0 Å². The molecule has 146 valence electrons. The van der Waals surface area contributed by atoms with Crippen LogP contribution in [0.3, 0.4) is 0 Å². The third kappa shape index (κ3) is 4.27. The molecule has 0 N–H and O–H groups in total. The van der Waals surface area contributed by atoms with Crippen LogP contribution in [0.5, 0.6) is 0 Å². The Morgan fingerprint density at radius 3 is 2.57 bits per heavy atom. The fraction of sp³-hybridized carbons (Fsp3) is 0.364. The Kier molecular flexibility index (Phi) is 6.53. The van der Waals surface area contributed by atoms with E-state index in [-0.39, 0.29) is 23.8 Å². The second kappa shape index (κ2) is 9.26. The molecule has 1 aromatic carbocycles. The van der Waals surface area contributed by atoms with Gasteiger partial charge in [-0.25, -0.2) is 5.01 Å². The molecule has 0 aromatic heterocycles. The van der Waals surface area contributed by atoms with Gasteiger partial charge in [0.15, 0.2) is 0 Å². The largest absolute Gasteiger partial charge is 0.339 e. The number of hydrogen-bond acceptors (Lipinski definition) is 4. The first-order chi connectivity index (χ1) is 13.7. The van der Waals surface area contributed by atoms with Gasteiger partial charge in [0.05, 0.1) is 11.6 Å². The smallest absolute Gasteiger partial charge is 0.255 e. The van der Waals surface area contributed by atoms with Crippen LogP contribution < -0.4 is 0 Å². The third-order valence-electron chi connectivity index (χ3n) is 5.20. The Balaban J connectivity index is 1.62. The number of nitrogens with zero attached hydrogens (tertiary/aromatic N) is 4. The summed E-state index contributed by atoms with van der Waals surface area (Å²) in [7, 11) is 0. The van der Waals surface area contributed by atoms with Gasteiger partial charge in [-0.2, -0.15) is 5.10 Å². The molecule has 1 unspecified atom stereocenters. The maximum atomic E-state index is 13.1. The van der Waals surface area contributed by atoms with E-state index in [0.29, 0.717) is 31.5 Å². The van der Waals surface area contributed by atoms with Crippen molar-refractivity contribution in [3.8, 4) is 0 Å². The highest BCUT2D eigenvalue weighted by Crippen LogP contribution is 2.31. The second-order valence-corrected chi connectivity index (χ2v) is 6.98. The zero-order chi connectivity index (χ0) is 19.9. The number of amides is 2. The molecule has 1 saturated heterocycles. The average Bonchev–Trinajstić information content (AvgIpc) is 3.23. The molecule has 2 aliphatic heterocycles. The Morgan fingerprint density at radius 2 is 1.93 bits per heavy atom. The number of rotatable bonds is 5. The van der Waals surface area contributed by atoms with E-state index in [1.54, 1.807) is 22.1 Å². The molecule has 28 heavy (non-hydrogen) atoms. The second-order valence-electron chi connectivity index (χ2n) is 6.98. The molecule has 1 aromatic rings. The zero-order valence-electron chi connectivity index (χ0n) is 16.2. The minimum absolute atomic E-state index is 0.0312. The summed E-state index contributed by atoms with van der Waals surface area (Å²) in [5, 5.41) is 5.97. The lowest BCUT2D eigenvalue weighted by molar-refractivity contribution is -0.141. The van der Waals surface area contributed by atoms with E-state index < -0.39 is 0 Å². The molecular weight excluding hydrogens is 352 g/mol. The van der Waals surface area contributed by atoms with Gasteiger partial charge in [-0.1, -0.05) is 42.5 Å². The summed E-state index contributed by atoms with van der Waals surface area (Å²) in [6.45, 7) is 6.38. The van der Waals surface area contributed by atoms with Crippen molar-refractivity contribution < 1.29 is 9.59 Å². The monoisotopic (exact) mass is 378 g/mol. The van der Waals surface area contributed by atoms with Crippen molar-refractivity contribution in [2.45, 2.75) is 32.2 Å². The van der Waals surface area contributed by atoms with Gasteiger partial charge in [0.25, 0.3) is 5.91 Å². The predicted octanol–water partition coefficient (Wildman–Crippen LogP) is 3.35. The molecule has 0 saturated carbocycles. The lowest BCUT2D eigenvalue weighted by atomic mass is 9.94. The molecule has 1 atom stereocenters. The highest BCUT2D eigenvalue weighted by molar-refractivity contribution is 5.96. The van der Waals surface area contributed by atoms with Crippen LogP contribution in [0.2, 0.25) is 0 Å². The molecular formula is C22H26N4O2. The molecule has 0 bridgehead atoms. The standard InChI is InChI=1S/C22H26N4O2/c1-3-7-19(16-23-2)21(27)25-14-11-18(12-15-25)22(28)26-20(10-13-24-26)17-8-5-4-6-9-17/h3-9,13,16,18,20H,2,10-12,14-15H2,1H3/b7-3-,19-16+. The van der Waals surface area contributed by atoms with Gasteiger partial charge in [0.2, 0.25) is 5.91 Å². The van der Waals surface area contributed by atoms with Crippen molar-refractivity contribution >= 4 is 24.7 Å². The summed E-state index contributed by atoms with van der Waals surface area (Å²) >= 11 is 0. The van der Waals surface area contributed by atoms with Crippen molar-refractivity contribution in [2.24, 2.45) is 16.0 Å². The SMILES string of the molecule is C=N/C=C(\C=C/C)C(=O)N1CCC(C(=O)N2N=CCC2c2ccccc2)CC1. The highest BCUT2D eigenvalue weighted by atomic mass is 16.2. The number of allylic oxidation sites excluding steroid dienone is 1. The van der Waals surface area contributed by atoms with Crippen LogP contribution in [0.1, 0.15) is 37.8 Å². The Labute approximate surface area is 165 Å². The first-order valence-corrected chi connectivity index (χ1v) is 9.64. The highest BCUT2D eigenvalue weighted by Gasteiger charge is 2.35. The first kappa shape index (κ1) is 19.7. The van der Waals surface area contributed by atoms with Crippen LogP contribution in [0.25, 0.3) is 0 Å². The molecule has 0 spiro atoms. The maximum absolute atomic E-state index is 13.1. The van der Waals surface area contributed by atoms with Gasteiger partial charge in [0, 0.05) is 37.8 Å². The lowest BCUT2D eigenvalue weighted by Gasteiger charge is -2.34. The zero-order valence-corrected chi connectivity index (χ0v) is 16.2. The quantitative estimate of drug-likeness (QED) is 0.448. The number of aliphatic imine (C=N–C) groups is 1. The Bertz CT molecular complexity index is 805. The Hall–Kier alpha value is -3.02. The van der Waals surface area contributed by atoms with E-state index in [4.69, 9.17) is 0 Å². The molecule has 0 aliphatic carbocycles. The maximum Gasteiger partial charge on any atom is 0.255 e. The van der Waals surface area contributed by atoms with Crippen LogP contribution in [-0.4, -0.2) is 47.7 Å². The predicted molar refractivity (Wildman–Crippen MR) is 111 cm³/mol. The van der Waals surface area contributed by atoms with Gasteiger partial charge in [0.1, 0.15) is 0 Å². The van der Waals surface area contributed by atoms with E-state index in [0.717, 1.165) is 12.0 Å². The van der Waals surface area contributed by atoms with Crippen molar-refractivity contribution in [1.29, 1.82) is 0 Å². The van der Waals surface area contributed by atoms with Gasteiger partial charge in [-0.15, -0.1) is 0 Å². The van der Waals surface area contributed by atoms with E-state index in [9.17, 15) is 9.59 Å². The minimum atomic E-state index is -0.114. The van der Waals surface area contributed by atoms with Crippen LogP contribution in [0.15, 0.2) is 64.4 Å². The molecule has 2 amide bonds. The van der Waals surface area contributed by atoms with Crippen molar-refractivity contribution in [3.63, 3.8) is 0 Å². The summed E-state index contributed by atoms with van der Waals surface area (Å²) in [6.07, 6.45) is 8.84. The summed E-state index contributed by atoms with van der Waals surface area (Å²) in [6, 6.07) is 9.96. The average molecular weight is 378 g/mol. The molecule has 0 radical (unpaired) electrons. The van der Waals surface area contributed by atoms with Gasteiger partial charge < -0.3 is 4.90 Å². The number of carbonyl (C=O) groups excluding carboxylic acids is 2. The Morgan fingerprint density at radius 1 is 1.21 bits per heavy atom.